The maximum absolute atomic E-state index is 6.07. The summed E-state index contributed by atoms with van der Waals surface area (Å²) in [6.07, 6.45) is 0.887. The van der Waals surface area contributed by atoms with Crippen molar-refractivity contribution < 1.29 is 4.74 Å². The van der Waals surface area contributed by atoms with Crippen molar-refractivity contribution >= 4 is 23.2 Å². The van der Waals surface area contributed by atoms with Crippen LogP contribution in [0.4, 0.5) is 0 Å². The Kier molecular flexibility index (Phi) is 4.51. The van der Waals surface area contributed by atoms with Gasteiger partial charge < -0.3 is 4.74 Å². The van der Waals surface area contributed by atoms with E-state index in [1.807, 2.05) is 42.5 Å². The molecule has 18 heavy (non-hydrogen) atoms. The highest BCUT2D eigenvalue weighted by Crippen LogP contribution is 2.27. The monoisotopic (exact) mass is 280 g/mol. The fourth-order valence-corrected chi connectivity index (χ4v) is 2.13. The van der Waals surface area contributed by atoms with Crippen LogP contribution >= 0.6 is 23.2 Å². The Labute approximate surface area is 117 Å². The molecule has 0 spiro atoms. The van der Waals surface area contributed by atoms with Crippen molar-refractivity contribution in [1.29, 1.82) is 0 Å². The molecule has 0 bridgehead atoms. The molecule has 0 unspecified atom stereocenters. The minimum absolute atomic E-state index is 0.484. The largest absolute Gasteiger partial charge is 0.457 e. The number of rotatable bonds is 4. The Bertz CT molecular complexity index is 538. The lowest BCUT2D eigenvalue weighted by molar-refractivity contribution is 0.481. The van der Waals surface area contributed by atoms with E-state index in [9.17, 15) is 0 Å². The standard InChI is InChI=1S/C15H14Cl2O/c1-2-12-9-14(6-7-15(12)17)18-13-5-3-4-11(8-13)10-16/h3-9H,2,10H2,1H3. The van der Waals surface area contributed by atoms with E-state index < -0.39 is 0 Å². The van der Waals surface area contributed by atoms with Crippen LogP contribution in [0.5, 0.6) is 11.5 Å². The molecule has 1 nitrogen and oxygen atoms in total. The second-order valence-electron chi connectivity index (χ2n) is 3.99. The van der Waals surface area contributed by atoms with Crippen LogP contribution in [-0.2, 0) is 12.3 Å². The summed E-state index contributed by atoms with van der Waals surface area (Å²) in [5.74, 6) is 2.07. The van der Waals surface area contributed by atoms with Crippen molar-refractivity contribution in [2.24, 2.45) is 0 Å². The summed E-state index contributed by atoms with van der Waals surface area (Å²) in [6.45, 7) is 2.07. The maximum atomic E-state index is 6.07. The zero-order valence-corrected chi connectivity index (χ0v) is 11.6. The summed E-state index contributed by atoms with van der Waals surface area (Å²) in [6, 6.07) is 13.5. The molecule has 0 N–H and O–H groups in total. The van der Waals surface area contributed by atoms with Crippen molar-refractivity contribution in [3.63, 3.8) is 0 Å². The van der Waals surface area contributed by atoms with Gasteiger partial charge in [0.2, 0.25) is 0 Å². The Morgan fingerprint density at radius 2 is 1.83 bits per heavy atom. The molecule has 2 aromatic rings. The van der Waals surface area contributed by atoms with Gasteiger partial charge in [0.15, 0.2) is 0 Å². The third-order valence-corrected chi connectivity index (χ3v) is 3.36. The van der Waals surface area contributed by atoms with Gasteiger partial charge in [0.1, 0.15) is 11.5 Å². The summed E-state index contributed by atoms with van der Waals surface area (Å²) in [5.41, 5.74) is 2.13. The smallest absolute Gasteiger partial charge is 0.127 e. The summed E-state index contributed by atoms with van der Waals surface area (Å²) in [5, 5.41) is 0.777. The molecule has 94 valence electrons. The summed E-state index contributed by atoms with van der Waals surface area (Å²) in [4.78, 5) is 0. The van der Waals surface area contributed by atoms with Crippen LogP contribution in [0.3, 0.4) is 0 Å². The van der Waals surface area contributed by atoms with Crippen molar-refractivity contribution in [2.75, 3.05) is 0 Å². The van der Waals surface area contributed by atoms with Crippen molar-refractivity contribution in [2.45, 2.75) is 19.2 Å². The minimum atomic E-state index is 0.484. The molecule has 0 heterocycles. The van der Waals surface area contributed by atoms with Gasteiger partial charge in [-0.05, 0) is 47.9 Å². The topological polar surface area (TPSA) is 9.23 Å². The number of aryl methyl sites for hydroxylation is 1. The van der Waals surface area contributed by atoms with E-state index in [0.29, 0.717) is 5.88 Å². The molecule has 0 fully saturated rings. The first-order valence-corrected chi connectivity index (χ1v) is 6.75. The van der Waals surface area contributed by atoms with Crippen molar-refractivity contribution in [3.05, 3.63) is 58.6 Å². The number of hydrogen-bond acceptors (Lipinski definition) is 1. The highest BCUT2D eigenvalue weighted by molar-refractivity contribution is 6.31. The molecule has 0 atom stereocenters. The molecule has 0 radical (unpaired) electrons. The van der Waals surface area contributed by atoms with E-state index in [4.69, 9.17) is 27.9 Å². The van der Waals surface area contributed by atoms with Crippen LogP contribution in [0.2, 0.25) is 5.02 Å². The predicted octanol–water partition coefficient (Wildman–Crippen LogP) is 5.43. The van der Waals surface area contributed by atoms with Gasteiger partial charge >= 0.3 is 0 Å². The SMILES string of the molecule is CCc1cc(Oc2cccc(CCl)c2)ccc1Cl. The third-order valence-electron chi connectivity index (χ3n) is 2.69. The van der Waals surface area contributed by atoms with Gasteiger partial charge in [-0.2, -0.15) is 0 Å². The summed E-state index contributed by atoms with van der Waals surface area (Å²) >= 11 is 11.9. The molecular weight excluding hydrogens is 267 g/mol. The summed E-state index contributed by atoms with van der Waals surface area (Å²) in [7, 11) is 0. The Morgan fingerprint density at radius 1 is 1.06 bits per heavy atom. The van der Waals surface area contributed by atoms with Gasteiger partial charge in [0.25, 0.3) is 0 Å². The van der Waals surface area contributed by atoms with Crippen molar-refractivity contribution in [3.8, 4) is 11.5 Å². The number of ether oxygens (including phenoxy) is 1. The zero-order valence-electron chi connectivity index (χ0n) is 10.1. The molecule has 0 aliphatic rings. The number of alkyl halides is 1. The molecule has 0 amide bonds. The van der Waals surface area contributed by atoms with Crippen LogP contribution in [0.15, 0.2) is 42.5 Å². The van der Waals surface area contributed by atoms with E-state index in [-0.39, 0.29) is 0 Å². The molecule has 0 aliphatic carbocycles. The average Bonchev–Trinajstić information content (AvgIpc) is 2.41. The van der Waals surface area contributed by atoms with E-state index in [1.165, 1.54) is 0 Å². The number of hydrogen-bond donors (Lipinski definition) is 0. The molecule has 2 aromatic carbocycles. The van der Waals surface area contributed by atoms with Gasteiger partial charge in [0.05, 0.1) is 0 Å². The van der Waals surface area contributed by atoms with Gasteiger partial charge in [-0.25, -0.2) is 0 Å². The molecule has 0 saturated carbocycles. The van der Waals surface area contributed by atoms with E-state index in [2.05, 4.69) is 6.92 Å². The number of benzene rings is 2. The predicted molar refractivity (Wildman–Crippen MR) is 76.9 cm³/mol. The molecule has 0 aliphatic heterocycles. The molecular formula is C15H14Cl2O. The van der Waals surface area contributed by atoms with Crippen LogP contribution in [-0.4, -0.2) is 0 Å². The zero-order chi connectivity index (χ0) is 13.0. The minimum Gasteiger partial charge on any atom is -0.457 e. The lowest BCUT2D eigenvalue weighted by atomic mass is 10.1. The first-order valence-electron chi connectivity index (χ1n) is 5.84. The molecule has 0 aromatic heterocycles. The second kappa shape index (κ2) is 6.12. The van der Waals surface area contributed by atoms with Crippen LogP contribution < -0.4 is 4.74 Å². The van der Waals surface area contributed by atoms with Gasteiger partial charge in [-0.3, -0.25) is 0 Å². The number of halogens is 2. The van der Waals surface area contributed by atoms with Crippen molar-refractivity contribution in [1.82, 2.24) is 0 Å². The highest BCUT2D eigenvalue weighted by atomic mass is 35.5. The van der Waals surface area contributed by atoms with Crippen LogP contribution in [0.1, 0.15) is 18.1 Å². The van der Waals surface area contributed by atoms with Crippen LogP contribution in [0.25, 0.3) is 0 Å². The van der Waals surface area contributed by atoms with E-state index >= 15 is 0 Å². The lowest BCUT2D eigenvalue weighted by Crippen LogP contribution is -1.88. The van der Waals surface area contributed by atoms with Gasteiger partial charge in [-0.1, -0.05) is 30.7 Å². The Morgan fingerprint density at radius 3 is 2.56 bits per heavy atom. The quantitative estimate of drug-likeness (QED) is 0.678. The highest BCUT2D eigenvalue weighted by Gasteiger charge is 2.03. The Hall–Kier alpha value is -1.18. The first kappa shape index (κ1) is 13.3. The second-order valence-corrected chi connectivity index (χ2v) is 4.66. The fourth-order valence-electron chi connectivity index (χ4n) is 1.71. The average molecular weight is 281 g/mol. The maximum Gasteiger partial charge on any atom is 0.127 e. The first-order chi connectivity index (χ1) is 8.72. The summed E-state index contributed by atoms with van der Waals surface area (Å²) < 4.78 is 5.80. The van der Waals surface area contributed by atoms with Gasteiger partial charge in [0, 0.05) is 10.9 Å². The normalized spacial score (nSPS) is 10.4. The van der Waals surface area contributed by atoms with E-state index in [1.54, 1.807) is 0 Å². The molecule has 3 heteroatoms. The van der Waals surface area contributed by atoms with Crippen LogP contribution in [0, 0.1) is 0 Å². The Balaban J connectivity index is 2.22. The molecule has 0 saturated heterocycles. The fraction of sp³-hybridized carbons (Fsp3) is 0.200. The lowest BCUT2D eigenvalue weighted by Gasteiger charge is -2.09. The molecule has 2 rings (SSSR count). The third kappa shape index (κ3) is 3.18. The van der Waals surface area contributed by atoms with Gasteiger partial charge in [-0.15, -0.1) is 11.6 Å². The van der Waals surface area contributed by atoms with E-state index in [0.717, 1.165) is 34.1 Å².